The number of carbonyl (C=O) groups is 1. The SMILES string of the molecule is Cc1ccc2nc(-c3cccs3)cc(C(=O)N3C[C@@H](C)O[C@H](C)C3)c2c1. The average Bonchev–Trinajstić information content (AvgIpc) is 3.14. The van der Waals surface area contributed by atoms with Crippen LogP contribution in [0.2, 0.25) is 0 Å². The highest BCUT2D eigenvalue weighted by Gasteiger charge is 2.28. The number of nitrogens with zero attached hydrogens (tertiary/aromatic N) is 2. The number of ether oxygens (including phenoxy) is 1. The van der Waals surface area contributed by atoms with Gasteiger partial charge in [0.1, 0.15) is 0 Å². The summed E-state index contributed by atoms with van der Waals surface area (Å²) in [6.07, 6.45) is 0.101. The number of aromatic nitrogens is 1. The summed E-state index contributed by atoms with van der Waals surface area (Å²) in [7, 11) is 0. The zero-order chi connectivity index (χ0) is 18.3. The normalized spacial score (nSPS) is 20.5. The first-order chi connectivity index (χ1) is 12.5. The van der Waals surface area contributed by atoms with E-state index >= 15 is 0 Å². The Morgan fingerprint density at radius 1 is 1.19 bits per heavy atom. The van der Waals surface area contributed by atoms with Crippen LogP contribution in [0.4, 0.5) is 0 Å². The van der Waals surface area contributed by atoms with Gasteiger partial charge in [0.15, 0.2) is 0 Å². The van der Waals surface area contributed by atoms with Crippen LogP contribution < -0.4 is 0 Å². The lowest BCUT2D eigenvalue weighted by Gasteiger charge is -2.35. The van der Waals surface area contributed by atoms with Crippen molar-refractivity contribution >= 4 is 28.1 Å². The summed E-state index contributed by atoms with van der Waals surface area (Å²) in [6.45, 7) is 7.31. The van der Waals surface area contributed by atoms with Crippen molar-refractivity contribution in [1.29, 1.82) is 0 Å². The van der Waals surface area contributed by atoms with Crippen LogP contribution in [0.3, 0.4) is 0 Å². The molecular weight excluding hydrogens is 344 g/mol. The number of rotatable bonds is 2. The minimum atomic E-state index is 0.0503. The van der Waals surface area contributed by atoms with E-state index in [1.54, 1.807) is 11.3 Å². The van der Waals surface area contributed by atoms with Gasteiger partial charge in [0.25, 0.3) is 5.91 Å². The van der Waals surface area contributed by atoms with Gasteiger partial charge in [-0.1, -0.05) is 17.7 Å². The lowest BCUT2D eigenvalue weighted by atomic mass is 10.0. The van der Waals surface area contributed by atoms with Crippen molar-refractivity contribution in [2.24, 2.45) is 0 Å². The summed E-state index contributed by atoms with van der Waals surface area (Å²) in [6, 6.07) is 12.1. The molecule has 2 atom stereocenters. The Labute approximate surface area is 157 Å². The number of hydrogen-bond acceptors (Lipinski definition) is 4. The highest BCUT2D eigenvalue weighted by Crippen LogP contribution is 2.29. The van der Waals surface area contributed by atoms with E-state index in [1.165, 1.54) is 0 Å². The van der Waals surface area contributed by atoms with E-state index in [0.717, 1.165) is 32.6 Å². The molecule has 1 fully saturated rings. The lowest BCUT2D eigenvalue weighted by Crippen LogP contribution is -2.48. The second-order valence-corrected chi connectivity index (χ2v) is 7.97. The van der Waals surface area contributed by atoms with Gasteiger partial charge in [0.05, 0.1) is 33.9 Å². The molecule has 4 rings (SSSR count). The molecule has 3 aromatic rings. The molecule has 0 radical (unpaired) electrons. The van der Waals surface area contributed by atoms with Crippen LogP contribution in [0.15, 0.2) is 41.8 Å². The van der Waals surface area contributed by atoms with Gasteiger partial charge in [-0.3, -0.25) is 4.79 Å². The van der Waals surface area contributed by atoms with Crippen molar-refractivity contribution in [1.82, 2.24) is 9.88 Å². The number of benzene rings is 1. The van der Waals surface area contributed by atoms with E-state index < -0.39 is 0 Å². The van der Waals surface area contributed by atoms with Crippen molar-refractivity contribution in [2.45, 2.75) is 33.0 Å². The molecule has 0 N–H and O–H groups in total. The molecule has 1 aliphatic rings. The Morgan fingerprint density at radius 3 is 2.65 bits per heavy atom. The molecule has 3 heterocycles. The molecule has 0 spiro atoms. The van der Waals surface area contributed by atoms with E-state index in [2.05, 4.69) is 6.07 Å². The predicted molar refractivity (Wildman–Crippen MR) is 106 cm³/mol. The van der Waals surface area contributed by atoms with E-state index in [-0.39, 0.29) is 18.1 Å². The summed E-state index contributed by atoms with van der Waals surface area (Å²) in [5.41, 5.74) is 3.57. The fourth-order valence-corrected chi connectivity index (χ4v) is 4.27. The van der Waals surface area contributed by atoms with Crippen LogP contribution in [0, 0.1) is 6.92 Å². The first-order valence-electron chi connectivity index (χ1n) is 8.91. The highest BCUT2D eigenvalue weighted by molar-refractivity contribution is 7.13. The summed E-state index contributed by atoms with van der Waals surface area (Å²) in [5.74, 6) is 0.0582. The zero-order valence-electron chi connectivity index (χ0n) is 15.2. The second-order valence-electron chi connectivity index (χ2n) is 7.02. The lowest BCUT2D eigenvalue weighted by molar-refractivity contribution is -0.0585. The summed E-state index contributed by atoms with van der Waals surface area (Å²) in [5, 5.41) is 2.95. The molecule has 5 heteroatoms. The molecule has 1 aliphatic heterocycles. The number of aryl methyl sites for hydroxylation is 1. The molecule has 4 nitrogen and oxygen atoms in total. The smallest absolute Gasteiger partial charge is 0.254 e. The molecule has 0 saturated carbocycles. The molecule has 2 aromatic heterocycles. The quantitative estimate of drug-likeness (QED) is 0.670. The monoisotopic (exact) mass is 366 g/mol. The van der Waals surface area contributed by atoms with Crippen molar-refractivity contribution in [3.63, 3.8) is 0 Å². The van der Waals surface area contributed by atoms with Gasteiger partial charge < -0.3 is 9.64 Å². The van der Waals surface area contributed by atoms with Gasteiger partial charge in [0.2, 0.25) is 0 Å². The fraction of sp³-hybridized carbons (Fsp3) is 0.333. The van der Waals surface area contributed by atoms with Crippen LogP contribution in [0.1, 0.15) is 29.8 Å². The first kappa shape index (κ1) is 17.2. The number of hydrogen-bond donors (Lipinski definition) is 0. The Morgan fingerprint density at radius 2 is 1.96 bits per heavy atom. The van der Waals surface area contributed by atoms with Crippen LogP contribution >= 0.6 is 11.3 Å². The Balaban J connectivity index is 1.84. The largest absolute Gasteiger partial charge is 0.372 e. The van der Waals surface area contributed by atoms with Gasteiger partial charge >= 0.3 is 0 Å². The van der Waals surface area contributed by atoms with Crippen LogP contribution in [0.25, 0.3) is 21.5 Å². The van der Waals surface area contributed by atoms with Crippen molar-refractivity contribution < 1.29 is 9.53 Å². The molecule has 1 saturated heterocycles. The Hall–Kier alpha value is -2.24. The molecule has 26 heavy (non-hydrogen) atoms. The molecule has 1 amide bonds. The molecule has 134 valence electrons. The predicted octanol–water partition coefficient (Wildman–Crippen LogP) is 4.52. The number of pyridine rings is 1. The molecule has 0 unspecified atom stereocenters. The van der Waals surface area contributed by atoms with Crippen molar-refractivity contribution in [3.8, 4) is 10.6 Å². The number of morpholine rings is 1. The van der Waals surface area contributed by atoms with Gasteiger partial charge in [0, 0.05) is 18.5 Å². The van der Waals surface area contributed by atoms with E-state index in [0.29, 0.717) is 13.1 Å². The van der Waals surface area contributed by atoms with Gasteiger partial charge in [-0.15, -0.1) is 11.3 Å². The third-order valence-corrected chi connectivity index (χ3v) is 5.57. The van der Waals surface area contributed by atoms with Crippen molar-refractivity contribution in [3.05, 3.63) is 52.9 Å². The maximum Gasteiger partial charge on any atom is 0.254 e. The maximum absolute atomic E-state index is 13.4. The average molecular weight is 366 g/mol. The number of carbonyl (C=O) groups excluding carboxylic acids is 1. The number of thiophene rings is 1. The van der Waals surface area contributed by atoms with E-state index in [1.807, 2.05) is 61.4 Å². The fourth-order valence-electron chi connectivity index (χ4n) is 3.58. The van der Waals surface area contributed by atoms with Gasteiger partial charge in [-0.05, 0) is 50.4 Å². The maximum atomic E-state index is 13.4. The molecule has 0 aliphatic carbocycles. The minimum absolute atomic E-state index is 0.0503. The minimum Gasteiger partial charge on any atom is -0.372 e. The van der Waals surface area contributed by atoms with E-state index in [4.69, 9.17) is 9.72 Å². The second kappa shape index (κ2) is 6.82. The summed E-state index contributed by atoms with van der Waals surface area (Å²) < 4.78 is 5.79. The summed E-state index contributed by atoms with van der Waals surface area (Å²) in [4.78, 5) is 21.2. The van der Waals surface area contributed by atoms with E-state index in [9.17, 15) is 4.79 Å². The topological polar surface area (TPSA) is 42.4 Å². The Kier molecular flexibility index (Phi) is 4.51. The molecule has 1 aromatic carbocycles. The highest BCUT2D eigenvalue weighted by atomic mass is 32.1. The third-order valence-electron chi connectivity index (χ3n) is 4.68. The standard InChI is InChI=1S/C21H22N2O2S/c1-13-6-7-18-16(9-13)17(10-19(22-18)20-5-4-8-26-20)21(24)23-11-14(2)25-15(3)12-23/h4-10,14-15H,11-12H2,1-3H3/t14-,15-/m1/s1. The first-order valence-corrected chi connectivity index (χ1v) is 9.79. The Bertz CT molecular complexity index is 942. The van der Waals surface area contributed by atoms with Gasteiger partial charge in [-0.2, -0.15) is 0 Å². The van der Waals surface area contributed by atoms with Crippen LogP contribution in [-0.4, -0.2) is 41.1 Å². The van der Waals surface area contributed by atoms with Gasteiger partial charge in [-0.25, -0.2) is 4.98 Å². The van der Waals surface area contributed by atoms with Crippen LogP contribution in [-0.2, 0) is 4.74 Å². The van der Waals surface area contributed by atoms with Crippen LogP contribution in [0.5, 0.6) is 0 Å². The summed E-state index contributed by atoms with van der Waals surface area (Å²) >= 11 is 1.64. The molecular formula is C21H22N2O2S. The zero-order valence-corrected chi connectivity index (χ0v) is 16.0. The number of amides is 1. The molecule has 0 bridgehead atoms. The van der Waals surface area contributed by atoms with Crippen molar-refractivity contribution in [2.75, 3.05) is 13.1 Å². The third kappa shape index (κ3) is 3.24. The number of fused-ring (bicyclic) bond motifs is 1.